The Morgan fingerprint density at radius 1 is 1.22 bits per heavy atom. The molecule has 2 N–H and O–H groups in total. The molecule has 0 aliphatic heterocycles. The summed E-state index contributed by atoms with van der Waals surface area (Å²) in [6.07, 6.45) is 0.895. The van der Waals surface area contributed by atoms with Gasteiger partial charge < -0.3 is 10.5 Å². The van der Waals surface area contributed by atoms with E-state index in [0.29, 0.717) is 17.9 Å². The summed E-state index contributed by atoms with van der Waals surface area (Å²) in [5, 5.41) is 0. The zero-order valence-electron chi connectivity index (χ0n) is 11.8. The molecule has 0 fully saturated rings. The van der Waals surface area contributed by atoms with Gasteiger partial charge in [0.1, 0.15) is 5.75 Å². The first-order chi connectivity index (χ1) is 8.36. The van der Waals surface area contributed by atoms with Crippen molar-refractivity contribution in [3.8, 4) is 5.75 Å². The van der Waals surface area contributed by atoms with E-state index in [1.54, 1.807) is 12.1 Å². The van der Waals surface area contributed by atoms with Crippen LogP contribution in [0.15, 0.2) is 24.3 Å². The Hall–Kier alpha value is -1.09. The Bertz CT molecular complexity index is 386. The van der Waals surface area contributed by atoms with E-state index in [9.17, 15) is 0 Å². The molecule has 1 unspecified atom stereocenters. The van der Waals surface area contributed by atoms with Crippen LogP contribution in [0.25, 0.3) is 0 Å². The fraction of sp³-hybridized carbons (Fsp3) is 0.600. The van der Waals surface area contributed by atoms with Gasteiger partial charge in [0.2, 0.25) is 0 Å². The lowest BCUT2D eigenvalue weighted by atomic mass is 9.73. The topological polar surface area (TPSA) is 35.2 Å². The monoisotopic (exact) mass is 253 g/mol. The summed E-state index contributed by atoms with van der Waals surface area (Å²) >= 11 is 0. The fourth-order valence-corrected chi connectivity index (χ4v) is 1.95. The van der Waals surface area contributed by atoms with Gasteiger partial charge in [0.05, 0.1) is 6.61 Å². The SMILES string of the molecule is CCCOc1ccccc1C(F)(CN)C(C)(C)C. The highest BCUT2D eigenvalue weighted by Crippen LogP contribution is 2.45. The second kappa shape index (κ2) is 5.70. The third-order valence-corrected chi connectivity index (χ3v) is 3.25. The van der Waals surface area contributed by atoms with Gasteiger partial charge in [-0.1, -0.05) is 45.9 Å². The number of rotatable bonds is 5. The van der Waals surface area contributed by atoms with Gasteiger partial charge in [0.15, 0.2) is 5.67 Å². The van der Waals surface area contributed by atoms with Crippen LogP contribution in [0.5, 0.6) is 5.75 Å². The zero-order chi connectivity index (χ0) is 13.8. The quantitative estimate of drug-likeness (QED) is 0.869. The van der Waals surface area contributed by atoms with Crippen molar-refractivity contribution in [2.75, 3.05) is 13.2 Å². The van der Waals surface area contributed by atoms with E-state index in [2.05, 4.69) is 0 Å². The molecule has 0 aliphatic rings. The van der Waals surface area contributed by atoms with Gasteiger partial charge in [-0.25, -0.2) is 4.39 Å². The van der Waals surface area contributed by atoms with Crippen LogP contribution in [-0.4, -0.2) is 13.2 Å². The molecule has 0 heterocycles. The molecular formula is C15H24FNO. The number of nitrogens with two attached hydrogens (primary N) is 1. The van der Waals surface area contributed by atoms with E-state index >= 15 is 4.39 Å². The lowest BCUT2D eigenvalue weighted by molar-refractivity contribution is 0.0313. The molecule has 2 nitrogen and oxygen atoms in total. The predicted octanol–water partition coefficient (Wildman–Crippen LogP) is 3.65. The lowest BCUT2D eigenvalue weighted by Crippen LogP contribution is -2.42. The number of benzene rings is 1. The van der Waals surface area contributed by atoms with Crippen LogP contribution in [0, 0.1) is 5.41 Å². The third kappa shape index (κ3) is 2.83. The van der Waals surface area contributed by atoms with E-state index in [1.807, 2.05) is 39.8 Å². The van der Waals surface area contributed by atoms with Crippen molar-refractivity contribution in [2.24, 2.45) is 11.1 Å². The minimum Gasteiger partial charge on any atom is -0.493 e. The number of hydrogen-bond acceptors (Lipinski definition) is 2. The molecule has 0 saturated carbocycles. The molecule has 0 radical (unpaired) electrons. The van der Waals surface area contributed by atoms with Crippen LogP contribution in [0.2, 0.25) is 0 Å². The molecule has 102 valence electrons. The number of hydrogen-bond donors (Lipinski definition) is 1. The first-order valence-corrected chi connectivity index (χ1v) is 6.48. The summed E-state index contributed by atoms with van der Waals surface area (Å²) in [5.41, 5.74) is 4.08. The highest BCUT2D eigenvalue weighted by atomic mass is 19.1. The smallest absolute Gasteiger partial charge is 0.156 e. The second-order valence-corrected chi connectivity index (χ2v) is 5.60. The Kier molecular flexibility index (Phi) is 4.74. The van der Waals surface area contributed by atoms with Gasteiger partial charge in [-0.05, 0) is 12.5 Å². The standard InChI is InChI=1S/C15H24FNO/c1-5-10-18-13-9-7-6-8-12(13)15(16,11-17)14(2,3)4/h6-9H,5,10-11,17H2,1-4H3. The van der Waals surface area contributed by atoms with E-state index in [1.165, 1.54) is 0 Å². The van der Waals surface area contributed by atoms with Crippen LogP contribution in [0.1, 0.15) is 39.7 Å². The summed E-state index contributed by atoms with van der Waals surface area (Å²) < 4.78 is 20.9. The first kappa shape index (κ1) is 15.0. The third-order valence-electron chi connectivity index (χ3n) is 3.25. The molecule has 18 heavy (non-hydrogen) atoms. The maximum atomic E-state index is 15.2. The van der Waals surface area contributed by atoms with Crippen molar-refractivity contribution in [2.45, 2.75) is 39.8 Å². The number of para-hydroxylation sites is 1. The summed E-state index contributed by atoms with van der Waals surface area (Å²) in [7, 11) is 0. The van der Waals surface area contributed by atoms with Crippen molar-refractivity contribution in [3.05, 3.63) is 29.8 Å². The minimum absolute atomic E-state index is 0.0526. The van der Waals surface area contributed by atoms with Crippen molar-refractivity contribution in [1.29, 1.82) is 0 Å². The van der Waals surface area contributed by atoms with Crippen molar-refractivity contribution in [3.63, 3.8) is 0 Å². The van der Waals surface area contributed by atoms with Crippen LogP contribution in [0.3, 0.4) is 0 Å². The van der Waals surface area contributed by atoms with Crippen molar-refractivity contribution >= 4 is 0 Å². The molecular weight excluding hydrogens is 229 g/mol. The van der Waals surface area contributed by atoms with Crippen LogP contribution < -0.4 is 10.5 Å². The molecule has 0 amide bonds. The number of halogens is 1. The summed E-state index contributed by atoms with van der Waals surface area (Å²) in [6, 6.07) is 7.25. The molecule has 0 bridgehead atoms. The van der Waals surface area contributed by atoms with Crippen LogP contribution >= 0.6 is 0 Å². The van der Waals surface area contributed by atoms with Crippen molar-refractivity contribution < 1.29 is 9.13 Å². The fourth-order valence-electron chi connectivity index (χ4n) is 1.95. The summed E-state index contributed by atoms with van der Waals surface area (Å²) in [6.45, 7) is 8.13. The normalized spacial score (nSPS) is 15.2. The summed E-state index contributed by atoms with van der Waals surface area (Å²) in [5.74, 6) is 0.599. The Morgan fingerprint density at radius 3 is 2.33 bits per heavy atom. The average Bonchev–Trinajstić information content (AvgIpc) is 2.34. The lowest BCUT2D eigenvalue weighted by Gasteiger charge is -2.38. The number of alkyl halides is 1. The van der Waals surface area contributed by atoms with Crippen molar-refractivity contribution in [1.82, 2.24) is 0 Å². The van der Waals surface area contributed by atoms with Crippen LogP contribution in [0.4, 0.5) is 4.39 Å². The van der Waals surface area contributed by atoms with Gasteiger partial charge >= 0.3 is 0 Å². The van der Waals surface area contributed by atoms with Gasteiger partial charge in [0.25, 0.3) is 0 Å². The van der Waals surface area contributed by atoms with Gasteiger partial charge in [0, 0.05) is 17.5 Å². The zero-order valence-corrected chi connectivity index (χ0v) is 11.8. The van der Waals surface area contributed by atoms with Gasteiger partial charge in [-0.3, -0.25) is 0 Å². The molecule has 3 heteroatoms. The van der Waals surface area contributed by atoms with Gasteiger partial charge in [-0.15, -0.1) is 0 Å². The molecule has 0 aromatic heterocycles. The molecule has 0 spiro atoms. The Labute approximate surface area is 109 Å². The second-order valence-electron chi connectivity index (χ2n) is 5.60. The maximum absolute atomic E-state index is 15.2. The Morgan fingerprint density at radius 2 is 1.83 bits per heavy atom. The first-order valence-electron chi connectivity index (χ1n) is 6.48. The highest BCUT2D eigenvalue weighted by Gasteiger charge is 2.44. The molecule has 0 saturated heterocycles. The van der Waals surface area contributed by atoms with Crippen LogP contribution in [-0.2, 0) is 5.67 Å². The molecule has 1 rings (SSSR count). The largest absolute Gasteiger partial charge is 0.493 e. The van der Waals surface area contributed by atoms with E-state index in [0.717, 1.165) is 6.42 Å². The molecule has 1 aromatic carbocycles. The van der Waals surface area contributed by atoms with E-state index < -0.39 is 11.1 Å². The minimum atomic E-state index is -1.59. The molecule has 0 aliphatic carbocycles. The predicted molar refractivity (Wildman–Crippen MR) is 73.5 cm³/mol. The number of ether oxygens (including phenoxy) is 1. The molecule has 1 atom stereocenters. The Balaban J connectivity index is 3.21. The summed E-state index contributed by atoms with van der Waals surface area (Å²) in [4.78, 5) is 0. The average molecular weight is 253 g/mol. The molecule has 1 aromatic rings. The van der Waals surface area contributed by atoms with E-state index in [4.69, 9.17) is 10.5 Å². The van der Waals surface area contributed by atoms with E-state index in [-0.39, 0.29) is 6.54 Å². The highest BCUT2D eigenvalue weighted by molar-refractivity contribution is 5.39. The maximum Gasteiger partial charge on any atom is 0.156 e. The van der Waals surface area contributed by atoms with Gasteiger partial charge in [-0.2, -0.15) is 0 Å².